The number of anilines is 2. The summed E-state index contributed by atoms with van der Waals surface area (Å²) < 4.78 is 5.34. The summed E-state index contributed by atoms with van der Waals surface area (Å²) in [7, 11) is 1.55. The molecule has 4 aromatic rings. The number of carbonyl (C=O) groups excluding carboxylic acids is 3. The molecule has 1 unspecified atom stereocenters. The number of rotatable bonds is 11. The molecule has 0 heterocycles. The Morgan fingerprint density at radius 1 is 0.860 bits per heavy atom. The third-order valence-electron chi connectivity index (χ3n) is 6.22. The second-order valence-corrected chi connectivity index (χ2v) is 11.3. The Hall–Kier alpha value is -4.24. The molecule has 0 aliphatic carbocycles. The topological polar surface area (TPSA) is 96.5 Å². The van der Waals surface area contributed by atoms with Gasteiger partial charge in [0, 0.05) is 31.8 Å². The van der Waals surface area contributed by atoms with E-state index in [-0.39, 0.29) is 11.6 Å². The molecule has 0 radical (unpaired) electrons. The summed E-state index contributed by atoms with van der Waals surface area (Å²) in [6.07, 6.45) is 2.01. The van der Waals surface area contributed by atoms with Crippen LogP contribution in [0.4, 0.5) is 11.4 Å². The molecule has 0 aliphatic heterocycles. The first-order chi connectivity index (χ1) is 20.8. The number of halogens is 2. The Morgan fingerprint density at radius 2 is 1.53 bits per heavy atom. The zero-order valence-corrected chi connectivity index (χ0v) is 25.7. The Morgan fingerprint density at radius 3 is 2.23 bits per heavy atom. The summed E-state index contributed by atoms with van der Waals surface area (Å²) in [6, 6.07) is 27.8. The molecule has 7 nitrogen and oxygen atoms in total. The molecule has 0 spiro atoms. The number of para-hydroxylation sites is 2. The zero-order chi connectivity index (χ0) is 30.8. The molecule has 3 amide bonds. The molecule has 4 aromatic carbocycles. The molecule has 4 rings (SSSR count). The van der Waals surface area contributed by atoms with Crippen LogP contribution in [0.25, 0.3) is 6.08 Å². The highest BCUT2D eigenvalue weighted by atomic mass is 35.5. The molecule has 3 N–H and O–H groups in total. The van der Waals surface area contributed by atoms with Gasteiger partial charge in [-0.2, -0.15) is 0 Å². The van der Waals surface area contributed by atoms with Gasteiger partial charge in [-0.3, -0.25) is 14.4 Å². The maximum Gasteiger partial charge on any atom is 0.272 e. The quantitative estimate of drug-likeness (QED) is 0.115. The van der Waals surface area contributed by atoms with Crippen LogP contribution in [0.2, 0.25) is 10.0 Å². The molecule has 0 aliphatic rings. The lowest BCUT2D eigenvalue weighted by molar-refractivity contribution is -0.116. The van der Waals surface area contributed by atoms with Crippen molar-refractivity contribution in [1.82, 2.24) is 5.32 Å². The second-order valence-electron chi connectivity index (χ2n) is 9.20. The van der Waals surface area contributed by atoms with E-state index in [9.17, 15) is 14.4 Å². The van der Waals surface area contributed by atoms with Crippen molar-refractivity contribution in [3.05, 3.63) is 124 Å². The first-order valence-electron chi connectivity index (χ1n) is 13.3. The first-order valence-corrected chi connectivity index (χ1v) is 15.0. The lowest BCUT2D eigenvalue weighted by Gasteiger charge is -2.17. The van der Waals surface area contributed by atoms with Crippen molar-refractivity contribution in [3.8, 4) is 5.75 Å². The number of nitrogens with one attached hydrogen (secondary N) is 3. The summed E-state index contributed by atoms with van der Waals surface area (Å²) in [4.78, 5) is 40.3. The van der Waals surface area contributed by atoms with E-state index >= 15 is 0 Å². The van der Waals surface area contributed by atoms with Crippen LogP contribution in [-0.2, 0) is 9.59 Å². The molecular weight excluding hydrogens is 605 g/mol. The average Bonchev–Trinajstić information content (AvgIpc) is 3.01. The number of hydrogen-bond donors (Lipinski definition) is 3. The monoisotopic (exact) mass is 633 g/mol. The molecule has 0 aromatic heterocycles. The first kappa shape index (κ1) is 31.7. The smallest absolute Gasteiger partial charge is 0.272 e. The number of benzene rings is 4. The highest BCUT2D eigenvalue weighted by molar-refractivity contribution is 8.00. The van der Waals surface area contributed by atoms with E-state index in [1.165, 1.54) is 17.8 Å². The number of thioether (sulfide) groups is 1. The summed E-state index contributed by atoms with van der Waals surface area (Å²) in [6.45, 7) is 1.93. The number of carbonyl (C=O) groups is 3. The summed E-state index contributed by atoms with van der Waals surface area (Å²) in [5.41, 5.74) is 1.78. The Balaban J connectivity index is 1.53. The van der Waals surface area contributed by atoms with Gasteiger partial charge in [0.1, 0.15) is 11.4 Å². The van der Waals surface area contributed by atoms with Gasteiger partial charge in [0.15, 0.2) is 0 Å². The minimum absolute atomic E-state index is 0.0514. The fourth-order valence-corrected chi connectivity index (χ4v) is 5.55. The third kappa shape index (κ3) is 8.64. The molecule has 0 saturated carbocycles. The third-order valence-corrected chi connectivity index (χ3v) is 8.23. The molecule has 1 atom stereocenters. The Kier molecular flexibility index (Phi) is 11.3. The van der Waals surface area contributed by atoms with Gasteiger partial charge in [-0.25, -0.2) is 0 Å². The number of ether oxygens (including phenoxy) is 1. The van der Waals surface area contributed by atoms with Crippen molar-refractivity contribution < 1.29 is 19.1 Å². The van der Waals surface area contributed by atoms with Gasteiger partial charge in [-0.1, -0.05) is 72.6 Å². The van der Waals surface area contributed by atoms with E-state index in [0.717, 1.165) is 4.90 Å². The SMILES string of the molecule is CCC(Sc1cccc(NC(=O)/C(=C\c2c(Cl)cccc2Cl)NC(=O)c2ccccc2)c1)C(=O)Nc1ccccc1OC. The molecule has 0 bridgehead atoms. The van der Waals surface area contributed by atoms with Crippen molar-refractivity contribution in [2.24, 2.45) is 0 Å². The predicted octanol–water partition coefficient (Wildman–Crippen LogP) is 7.92. The highest BCUT2D eigenvalue weighted by Gasteiger charge is 2.21. The minimum atomic E-state index is -0.580. The normalized spacial score (nSPS) is 11.8. The van der Waals surface area contributed by atoms with E-state index in [1.54, 1.807) is 86.0 Å². The van der Waals surface area contributed by atoms with Gasteiger partial charge in [0.25, 0.3) is 11.8 Å². The van der Waals surface area contributed by atoms with Gasteiger partial charge in [0.2, 0.25) is 5.91 Å². The van der Waals surface area contributed by atoms with E-state index in [1.807, 2.05) is 25.1 Å². The van der Waals surface area contributed by atoms with Crippen molar-refractivity contribution >= 4 is 70.1 Å². The summed E-state index contributed by atoms with van der Waals surface area (Å²) >= 11 is 14.1. The van der Waals surface area contributed by atoms with Crippen molar-refractivity contribution in [3.63, 3.8) is 0 Å². The van der Waals surface area contributed by atoms with Crippen LogP contribution >= 0.6 is 35.0 Å². The van der Waals surface area contributed by atoms with Gasteiger partial charge in [-0.15, -0.1) is 11.8 Å². The van der Waals surface area contributed by atoms with Crippen LogP contribution < -0.4 is 20.7 Å². The fraction of sp³-hybridized carbons (Fsp3) is 0.121. The molecule has 10 heteroatoms. The molecule has 220 valence electrons. The Labute approximate surface area is 264 Å². The van der Waals surface area contributed by atoms with Crippen molar-refractivity contribution in [1.29, 1.82) is 0 Å². The molecular formula is C33H29Cl2N3O4S. The van der Waals surface area contributed by atoms with E-state index in [4.69, 9.17) is 27.9 Å². The van der Waals surface area contributed by atoms with Gasteiger partial charge in [0.05, 0.1) is 18.0 Å². The van der Waals surface area contributed by atoms with Crippen LogP contribution in [0, 0.1) is 0 Å². The number of amides is 3. The minimum Gasteiger partial charge on any atom is -0.495 e. The fourth-order valence-electron chi connectivity index (χ4n) is 4.03. The van der Waals surface area contributed by atoms with Crippen LogP contribution in [-0.4, -0.2) is 30.1 Å². The number of hydrogen-bond acceptors (Lipinski definition) is 5. The van der Waals surface area contributed by atoms with Crippen LogP contribution in [0.5, 0.6) is 5.75 Å². The largest absolute Gasteiger partial charge is 0.495 e. The molecule has 43 heavy (non-hydrogen) atoms. The zero-order valence-electron chi connectivity index (χ0n) is 23.4. The van der Waals surface area contributed by atoms with E-state index in [0.29, 0.717) is 44.7 Å². The van der Waals surface area contributed by atoms with Crippen molar-refractivity contribution in [2.45, 2.75) is 23.5 Å². The average molecular weight is 635 g/mol. The highest BCUT2D eigenvalue weighted by Crippen LogP contribution is 2.31. The van der Waals surface area contributed by atoms with Crippen LogP contribution in [0.3, 0.4) is 0 Å². The summed E-state index contributed by atoms with van der Waals surface area (Å²) in [5.74, 6) is -0.650. The maximum absolute atomic E-state index is 13.5. The lowest BCUT2D eigenvalue weighted by Crippen LogP contribution is -2.30. The predicted molar refractivity (Wildman–Crippen MR) is 175 cm³/mol. The van der Waals surface area contributed by atoms with Gasteiger partial charge >= 0.3 is 0 Å². The van der Waals surface area contributed by atoms with Gasteiger partial charge in [-0.05, 0) is 67.1 Å². The molecule has 0 saturated heterocycles. The van der Waals surface area contributed by atoms with Crippen LogP contribution in [0.1, 0.15) is 29.3 Å². The Bertz CT molecular complexity index is 1630. The number of methoxy groups -OCH3 is 1. The maximum atomic E-state index is 13.5. The van der Waals surface area contributed by atoms with Crippen molar-refractivity contribution in [2.75, 3.05) is 17.7 Å². The van der Waals surface area contributed by atoms with Gasteiger partial charge < -0.3 is 20.7 Å². The molecule has 0 fully saturated rings. The van der Waals surface area contributed by atoms with E-state index < -0.39 is 17.1 Å². The second kappa shape index (κ2) is 15.3. The van der Waals surface area contributed by atoms with Crippen LogP contribution in [0.15, 0.2) is 108 Å². The summed E-state index contributed by atoms with van der Waals surface area (Å²) in [5, 5.41) is 8.69. The lowest BCUT2D eigenvalue weighted by atomic mass is 10.1. The standard InChI is InChI=1S/C33H29Cl2N3O4S/c1-3-30(33(41)37-27-17-7-8-18-29(27)42-2)43-23-14-9-13-22(19-23)36-32(40)28(20-24-25(34)15-10-16-26(24)35)38-31(39)21-11-5-4-6-12-21/h4-20,30H,3H2,1-2H3,(H,36,40)(H,37,41)(H,38,39)/b28-20+. The van der Waals surface area contributed by atoms with E-state index in [2.05, 4.69) is 16.0 Å².